The fraction of sp³-hybridized carbons (Fsp3) is 0.500. The lowest BCUT2D eigenvalue weighted by molar-refractivity contribution is 0.0937. The van der Waals surface area contributed by atoms with Crippen molar-refractivity contribution in [2.24, 2.45) is 5.92 Å². The van der Waals surface area contributed by atoms with Crippen molar-refractivity contribution in [1.29, 1.82) is 0 Å². The summed E-state index contributed by atoms with van der Waals surface area (Å²) in [6, 6.07) is 5.64. The molecule has 114 valence electrons. The first-order chi connectivity index (χ1) is 9.99. The molecular weight excluding hydrogens is 266 g/mol. The van der Waals surface area contributed by atoms with Gasteiger partial charge in [0.25, 0.3) is 5.91 Å². The van der Waals surface area contributed by atoms with E-state index in [9.17, 15) is 4.79 Å². The van der Waals surface area contributed by atoms with E-state index in [2.05, 4.69) is 24.3 Å². The quantitative estimate of drug-likeness (QED) is 0.889. The van der Waals surface area contributed by atoms with Crippen LogP contribution in [0.5, 0.6) is 0 Å². The van der Waals surface area contributed by atoms with E-state index in [0.29, 0.717) is 24.7 Å². The first-order valence-electron chi connectivity index (χ1n) is 7.39. The summed E-state index contributed by atoms with van der Waals surface area (Å²) >= 11 is 0. The maximum absolute atomic E-state index is 12.3. The lowest BCUT2D eigenvalue weighted by Crippen LogP contribution is -2.25. The Morgan fingerprint density at radius 2 is 2.19 bits per heavy atom. The average molecular weight is 289 g/mol. The van der Waals surface area contributed by atoms with Crippen LogP contribution in [0.2, 0.25) is 0 Å². The number of carbonyl (C=O) groups is 1. The molecule has 0 fully saturated rings. The van der Waals surface area contributed by atoms with E-state index >= 15 is 0 Å². The molecule has 0 aliphatic rings. The van der Waals surface area contributed by atoms with E-state index in [0.717, 1.165) is 23.6 Å². The second-order valence-electron chi connectivity index (χ2n) is 5.63. The van der Waals surface area contributed by atoms with Crippen molar-refractivity contribution in [2.75, 3.05) is 0 Å². The van der Waals surface area contributed by atoms with Gasteiger partial charge in [0.15, 0.2) is 0 Å². The molecule has 21 heavy (non-hydrogen) atoms. The van der Waals surface area contributed by atoms with Gasteiger partial charge < -0.3 is 9.73 Å². The molecule has 0 saturated carbocycles. The third kappa shape index (κ3) is 3.97. The zero-order chi connectivity index (χ0) is 15.4. The van der Waals surface area contributed by atoms with Crippen LogP contribution in [-0.4, -0.2) is 15.7 Å². The minimum absolute atomic E-state index is 0.117. The Kier molecular flexibility index (Phi) is 4.83. The van der Waals surface area contributed by atoms with E-state index in [4.69, 9.17) is 4.42 Å². The van der Waals surface area contributed by atoms with Crippen molar-refractivity contribution < 1.29 is 9.21 Å². The van der Waals surface area contributed by atoms with Gasteiger partial charge in [0, 0.05) is 6.54 Å². The maximum Gasteiger partial charge on any atom is 0.269 e. The highest BCUT2D eigenvalue weighted by molar-refractivity contribution is 5.92. The van der Waals surface area contributed by atoms with E-state index in [1.807, 2.05) is 32.0 Å². The molecule has 0 bridgehead atoms. The van der Waals surface area contributed by atoms with Crippen LogP contribution in [0.4, 0.5) is 0 Å². The van der Waals surface area contributed by atoms with Crippen LogP contribution in [-0.2, 0) is 19.5 Å². The van der Waals surface area contributed by atoms with Gasteiger partial charge in [-0.25, -0.2) is 0 Å². The number of carbonyl (C=O) groups excluding carboxylic acids is 1. The van der Waals surface area contributed by atoms with Crippen molar-refractivity contribution in [2.45, 2.75) is 47.2 Å². The third-order valence-corrected chi connectivity index (χ3v) is 3.20. The molecule has 0 radical (unpaired) electrons. The van der Waals surface area contributed by atoms with E-state index in [-0.39, 0.29) is 5.91 Å². The number of rotatable bonds is 6. The molecule has 0 spiro atoms. The van der Waals surface area contributed by atoms with Gasteiger partial charge in [-0.15, -0.1) is 0 Å². The standard InChI is InChI=1S/C16H23N3O2/c1-5-19-15(9-13(18-19)8-11(2)3)16(20)17-10-14-7-6-12(4)21-14/h6-7,9,11H,5,8,10H2,1-4H3,(H,17,20). The number of hydrogen-bond donors (Lipinski definition) is 1. The van der Waals surface area contributed by atoms with E-state index in [1.54, 1.807) is 4.68 Å². The minimum Gasteiger partial charge on any atom is -0.465 e. The molecule has 1 amide bonds. The minimum atomic E-state index is -0.117. The maximum atomic E-state index is 12.3. The lowest BCUT2D eigenvalue weighted by Gasteiger charge is -2.05. The van der Waals surface area contributed by atoms with E-state index in [1.165, 1.54) is 0 Å². The predicted octanol–water partition coefficient (Wildman–Crippen LogP) is 2.93. The Hall–Kier alpha value is -2.04. The van der Waals surface area contributed by atoms with Crippen molar-refractivity contribution in [3.8, 4) is 0 Å². The van der Waals surface area contributed by atoms with Gasteiger partial charge in [0.2, 0.25) is 0 Å². The Balaban J connectivity index is 2.05. The summed E-state index contributed by atoms with van der Waals surface area (Å²) < 4.78 is 7.20. The van der Waals surface area contributed by atoms with Crippen LogP contribution in [0.25, 0.3) is 0 Å². The van der Waals surface area contributed by atoms with Gasteiger partial charge in [-0.05, 0) is 44.4 Å². The summed E-state index contributed by atoms with van der Waals surface area (Å²) in [5.74, 6) is 2.00. The molecule has 2 aromatic rings. The second-order valence-corrected chi connectivity index (χ2v) is 5.63. The van der Waals surface area contributed by atoms with Crippen molar-refractivity contribution in [3.05, 3.63) is 41.1 Å². The largest absolute Gasteiger partial charge is 0.465 e. The second kappa shape index (κ2) is 6.61. The van der Waals surface area contributed by atoms with Crippen molar-refractivity contribution >= 4 is 5.91 Å². The highest BCUT2D eigenvalue weighted by atomic mass is 16.3. The molecule has 0 aliphatic carbocycles. The summed E-state index contributed by atoms with van der Waals surface area (Å²) in [7, 11) is 0. The monoisotopic (exact) mass is 289 g/mol. The van der Waals surface area contributed by atoms with Gasteiger partial charge >= 0.3 is 0 Å². The number of hydrogen-bond acceptors (Lipinski definition) is 3. The topological polar surface area (TPSA) is 60.1 Å². The highest BCUT2D eigenvalue weighted by Crippen LogP contribution is 2.11. The lowest BCUT2D eigenvalue weighted by atomic mass is 10.1. The first-order valence-corrected chi connectivity index (χ1v) is 7.39. The van der Waals surface area contributed by atoms with Gasteiger partial charge in [-0.2, -0.15) is 5.10 Å². The molecule has 0 aromatic carbocycles. The SMILES string of the molecule is CCn1nc(CC(C)C)cc1C(=O)NCc1ccc(C)o1. The van der Waals surface area contributed by atoms with Gasteiger partial charge in [0.1, 0.15) is 17.2 Å². The summed E-state index contributed by atoms with van der Waals surface area (Å²) in [6.45, 7) is 9.23. The third-order valence-electron chi connectivity index (χ3n) is 3.20. The zero-order valence-electron chi connectivity index (χ0n) is 13.1. The van der Waals surface area contributed by atoms with Crippen molar-refractivity contribution in [3.63, 3.8) is 0 Å². The molecule has 2 heterocycles. The van der Waals surface area contributed by atoms with Crippen LogP contribution < -0.4 is 5.32 Å². The Labute approximate surface area is 125 Å². The van der Waals surface area contributed by atoms with Crippen LogP contribution >= 0.6 is 0 Å². The molecule has 1 N–H and O–H groups in total. The molecule has 5 heteroatoms. The summed E-state index contributed by atoms with van der Waals surface area (Å²) in [6.07, 6.45) is 0.880. The smallest absolute Gasteiger partial charge is 0.269 e. The van der Waals surface area contributed by atoms with Gasteiger partial charge in [-0.3, -0.25) is 9.48 Å². The molecule has 0 saturated heterocycles. The molecule has 2 aromatic heterocycles. The number of nitrogens with one attached hydrogen (secondary N) is 1. The Bertz CT molecular complexity index is 611. The molecular formula is C16H23N3O2. The normalized spacial score (nSPS) is 11.1. The van der Waals surface area contributed by atoms with Gasteiger partial charge in [0.05, 0.1) is 12.2 Å². The number of nitrogens with zero attached hydrogens (tertiary/aromatic N) is 2. The highest BCUT2D eigenvalue weighted by Gasteiger charge is 2.15. The average Bonchev–Trinajstić information content (AvgIpc) is 3.01. The van der Waals surface area contributed by atoms with Crippen LogP contribution in [0, 0.1) is 12.8 Å². The van der Waals surface area contributed by atoms with Crippen molar-refractivity contribution in [1.82, 2.24) is 15.1 Å². The molecule has 0 atom stereocenters. The molecule has 0 unspecified atom stereocenters. The number of aryl methyl sites for hydroxylation is 2. The number of furan rings is 1. The number of aromatic nitrogens is 2. The summed E-state index contributed by atoms with van der Waals surface area (Å²) in [5, 5.41) is 7.36. The number of amides is 1. The molecule has 2 rings (SSSR count). The Morgan fingerprint density at radius 3 is 2.76 bits per heavy atom. The Morgan fingerprint density at radius 1 is 1.43 bits per heavy atom. The summed E-state index contributed by atoms with van der Waals surface area (Å²) in [4.78, 5) is 12.3. The van der Waals surface area contributed by atoms with Crippen LogP contribution in [0.15, 0.2) is 22.6 Å². The van der Waals surface area contributed by atoms with Gasteiger partial charge in [-0.1, -0.05) is 13.8 Å². The fourth-order valence-electron chi connectivity index (χ4n) is 2.25. The van der Waals surface area contributed by atoms with Crippen LogP contribution in [0.1, 0.15) is 48.5 Å². The summed E-state index contributed by atoms with van der Waals surface area (Å²) in [5.41, 5.74) is 1.57. The van der Waals surface area contributed by atoms with Crippen LogP contribution in [0.3, 0.4) is 0 Å². The predicted molar refractivity (Wildman–Crippen MR) is 81.1 cm³/mol. The molecule has 5 nitrogen and oxygen atoms in total. The zero-order valence-corrected chi connectivity index (χ0v) is 13.1. The van der Waals surface area contributed by atoms with E-state index < -0.39 is 0 Å². The molecule has 0 aliphatic heterocycles. The fourth-order valence-corrected chi connectivity index (χ4v) is 2.25. The first kappa shape index (κ1) is 15.4.